The number of benzene rings is 1. The van der Waals surface area contributed by atoms with Crippen LogP contribution in [-0.4, -0.2) is 69.4 Å². The van der Waals surface area contributed by atoms with Gasteiger partial charge in [-0.15, -0.1) is 17.5 Å². The number of aliphatic hydroxyl groups is 1. The molecule has 4 aliphatic carbocycles. The Labute approximate surface area is 230 Å². The number of nitrogens with zero attached hydrogens (tertiary/aromatic N) is 1. The third kappa shape index (κ3) is 3.56. The minimum Gasteiger partial charge on any atom is -0.479 e. The fourth-order valence-corrected chi connectivity index (χ4v) is 9.44. The van der Waals surface area contributed by atoms with E-state index in [4.69, 9.17) is 4.84 Å². The molecule has 9 heteroatoms. The second kappa shape index (κ2) is 9.11. The van der Waals surface area contributed by atoms with E-state index in [1.54, 1.807) is 23.7 Å². The number of aliphatic carboxylic acids is 1. The lowest BCUT2D eigenvalue weighted by Gasteiger charge is -2.62. The van der Waals surface area contributed by atoms with Gasteiger partial charge in [-0.2, -0.15) is 5.06 Å². The molecular weight excluding hydrogens is 524 g/mol. The van der Waals surface area contributed by atoms with Crippen molar-refractivity contribution in [3.8, 4) is 0 Å². The summed E-state index contributed by atoms with van der Waals surface area (Å²) >= 11 is 1.65. The van der Waals surface area contributed by atoms with E-state index < -0.39 is 63.9 Å². The van der Waals surface area contributed by atoms with Crippen molar-refractivity contribution >= 4 is 23.5 Å². The molecular formula is C30H33F2NO5S. The topological polar surface area (TPSA) is 87.1 Å². The van der Waals surface area contributed by atoms with Crippen molar-refractivity contribution in [2.24, 2.45) is 28.6 Å². The molecule has 39 heavy (non-hydrogen) atoms. The van der Waals surface area contributed by atoms with Gasteiger partial charge < -0.3 is 10.2 Å². The van der Waals surface area contributed by atoms with Crippen LogP contribution in [0.15, 0.2) is 64.8 Å². The SMILES string of the molecule is C[C@]12C=CC(=O)C=C=C1[C@@H](F)C[C@H]1[C@@H]3C[C@H]4CN(CCSc5ccccc5)O[C@@]4(C(=O)O)[C@@]3(C)C[C@H](O)[C@@]12F. The molecule has 0 unspecified atom stereocenters. The van der Waals surface area contributed by atoms with Gasteiger partial charge in [0.15, 0.2) is 17.1 Å². The summed E-state index contributed by atoms with van der Waals surface area (Å²) < 4.78 is 33.2. The maximum atomic E-state index is 17.5. The zero-order chi connectivity index (χ0) is 27.8. The van der Waals surface area contributed by atoms with Crippen LogP contribution in [0.25, 0.3) is 0 Å². The second-order valence-corrected chi connectivity index (χ2v) is 13.2. The number of thioether (sulfide) groups is 1. The second-order valence-electron chi connectivity index (χ2n) is 12.1. The average Bonchev–Trinajstić information content (AvgIpc) is 3.31. The minimum absolute atomic E-state index is 0.0236. The lowest BCUT2D eigenvalue weighted by molar-refractivity contribution is -0.272. The molecule has 1 saturated heterocycles. The molecule has 3 saturated carbocycles. The van der Waals surface area contributed by atoms with Crippen molar-refractivity contribution in [3.05, 3.63) is 59.9 Å². The standard InChI is InChI=1S/C30H33F2NO5S/c1-27-11-10-19(34)8-9-21(27)24(31)15-23-22-14-18-17-33(12-13-39-20-6-4-3-5-7-20)38-30(18,26(36)37)28(22,2)16-25(35)29(23,27)32/h3-8,10-11,18,22-25,35H,12-17H2,1-2H3,(H,36,37)/t18-,22-,23-,24-,25-,27-,28-,29-,30-/m0/s1. The van der Waals surface area contributed by atoms with Crippen LogP contribution in [0.5, 0.6) is 0 Å². The number of carboxylic acids is 1. The molecule has 4 fully saturated rings. The van der Waals surface area contributed by atoms with E-state index in [9.17, 15) is 19.8 Å². The number of allylic oxidation sites excluding steroid dienone is 3. The lowest BCUT2D eigenvalue weighted by Crippen LogP contribution is -2.70. The number of hydrogen-bond acceptors (Lipinski definition) is 6. The Morgan fingerprint density at radius 3 is 2.69 bits per heavy atom. The molecule has 6 nitrogen and oxygen atoms in total. The highest BCUT2D eigenvalue weighted by Crippen LogP contribution is 2.72. The van der Waals surface area contributed by atoms with Gasteiger partial charge in [0.1, 0.15) is 6.17 Å². The van der Waals surface area contributed by atoms with Gasteiger partial charge in [-0.1, -0.05) is 31.2 Å². The molecule has 0 amide bonds. The summed E-state index contributed by atoms with van der Waals surface area (Å²) in [6, 6.07) is 9.90. The monoisotopic (exact) mass is 557 g/mol. The van der Waals surface area contributed by atoms with Crippen LogP contribution in [0.3, 0.4) is 0 Å². The highest BCUT2D eigenvalue weighted by molar-refractivity contribution is 7.99. The first kappa shape index (κ1) is 26.9. The molecule has 0 bridgehead atoms. The Balaban J connectivity index is 1.31. The number of ketones is 1. The lowest BCUT2D eigenvalue weighted by atomic mass is 9.45. The first-order valence-electron chi connectivity index (χ1n) is 13.5. The third-order valence-corrected chi connectivity index (χ3v) is 11.3. The first-order chi connectivity index (χ1) is 18.5. The van der Waals surface area contributed by atoms with Gasteiger partial charge in [0.25, 0.3) is 0 Å². The number of carbonyl (C=O) groups excluding carboxylic acids is 1. The smallest absolute Gasteiger partial charge is 0.339 e. The van der Waals surface area contributed by atoms with Crippen LogP contribution in [0, 0.1) is 28.6 Å². The number of hydroxylamine groups is 2. The maximum Gasteiger partial charge on any atom is 0.339 e. The van der Waals surface area contributed by atoms with Gasteiger partial charge in [-0.25, -0.2) is 13.6 Å². The number of rotatable bonds is 5. The molecule has 9 atom stereocenters. The van der Waals surface area contributed by atoms with Crippen LogP contribution in [0.4, 0.5) is 8.78 Å². The molecule has 1 heterocycles. The van der Waals surface area contributed by atoms with E-state index in [-0.39, 0.29) is 18.4 Å². The largest absolute Gasteiger partial charge is 0.479 e. The molecule has 0 aromatic heterocycles. The number of carboxylic acid groups (broad SMARTS) is 1. The quantitative estimate of drug-likeness (QED) is 0.406. The fraction of sp³-hybridized carbons (Fsp3) is 0.567. The van der Waals surface area contributed by atoms with E-state index in [2.05, 4.69) is 5.73 Å². The zero-order valence-electron chi connectivity index (χ0n) is 22.0. The third-order valence-electron chi connectivity index (χ3n) is 10.4. The van der Waals surface area contributed by atoms with Crippen LogP contribution in [0.2, 0.25) is 0 Å². The van der Waals surface area contributed by atoms with Crippen molar-refractivity contribution in [2.45, 2.75) is 61.6 Å². The number of aliphatic hydroxyl groups excluding tert-OH is 1. The van der Waals surface area contributed by atoms with Gasteiger partial charge in [-0.05, 0) is 50.3 Å². The highest BCUT2D eigenvalue weighted by atomic mass is 32.2. The summed E-state index contributed by atoms with van der Waals surface area (Å²) in [4.78, 5) is 32.5. The van der Waals surface area contributed by atoms with E-state index in [0.29, 0.717) is 25.3 Å². The minimum atomic E-state index is -2.29. The summed E-state index contributed by atoms with van der Waals surface area (Å²) in [7, 11) is 0. The van der Waals surface area contributed by atoms with E-state index in [1.807, 2.05) is 30.3 Å². The molecule has 1 aromatic rings. The van der Waals surface area contributed by atoms with Crippen molar-refractivity contribution in [3.63, 3.8) is 0 Å². The summed E-state index contributed by atoms with van der Waals surface area (Å²) in [5.74, 6) is -2.77. The van der Waals surface area contributed by atoms with Crippen molar-refractivity contribution in [1.29, 1.82) is 0 Å². The van der Waals surface area contributed by atoms with Gasteiger partial charge >= 0.3 is 5.97 Å². The Hall–Kier alpha value is -2.29. The van der Waals surface area contributed by atoms with Crippen molar-refractivity contribution < 1.29 is 33.4 Å². The van der Waals surface area contributed by atoms with Crippen molar-refractivity contribution in [2.75, 3.05) is 18.8 Å². The van der Waals surface area contributed by atoms with Crippen LogP contribution >= 0.6 is 11.8 Å². The summed E-state index contributed by atoms with van der Waals surface area (Å²) in [6.45, 7) is 4.17. The average molecular weight is 558 g/mol. The molecule has 2 N–H and O–H groups in total. The van der Waals surface area contributed by atoms with Crippen LogP contribution in [0.1, 0.15) is 33.1 Å². The number of hydrogen-bond donors (Lipinski definition) is 2. The maximum absolute atomic E-state index is 17.5. The molecule has 0 spiro atoms. The Morgan fingerprint density at radius 1 is 1.23 bits per heavy atom. The summed E-state index contributed by atoms with van der Waals surface area (Å²) in [6.07, 6.45) is 0.549. The summed E-state index contributed by atoms with van der Waals surface area (Å²) in [5.41, 5.74) is -3.92. The molecule has 1 aliphatic heterocycles. The fourth-order valence-electron chi connectivity index (χ4n) is 8.56. The Morgan fingerprint density at radius 2 is 1.97 bits per heavy atom. The molecule has 1 aromatic carbocycles. The van der Waals surface area contributed by atoms with Gasteiger partial charge in [-0.3, -0.25) is 9.63 Å². The normalized spacial score (nSPS) is 44.7. The molecule has 6 rings (SSSR count). The van der Waals surface area contributed by atoms with Crippen LogP contribution in [-0.2, 0) is 14.4 Å². The van der Waals surface area contributed by atoms with E-state index in [0.717, 1.165) is 11.0 Å². The first-order valence-corrected chi connectivity index (χ1v) is 14.5. The van der Waals surface area contributed by atoms with Crippen molar-refractivity contribution in [1.82, 2.24) is 5.06 Å². The summed E-state index contributed by atoms with van der Waals surface area (Å²) in [5, 5.41) is 23.9. The zero-order valence-corrected chi connectivity index (χ0v) is 22.8. The molecule has 0 radical (unpaired) electrons. The number of fused-ring (bicyclic) bond motifs is 7. The molecule has 5 aliphatic rings. The predicted molar refractivity (Wildman–Crippen MR) is 141 cm³/mol. The predicted octanol–water partition coefficient (Wildman–Crippen LogP) is 4.55. The number of halogens is 2. The van der Waals surface area contributed by atoms with Gasteiger partial charge in [0.2, 0.25) is 0 Å². The Bertz CT molecular complexity index is 1300. The highest BCUT2D eigenvalue weighted by Gasteiger charge is 2.80. The van der Waals surface area contributed by atoms with Crippen LogP contribution < -0.4 is 0 Å². The van der Waals surface area contributed by atoms with Gasteiger partial charge in [0.05, 0.1) is 11.5 Å². The van der Waals surface area contributed by atoms with E-state index >= 15 is 8.78 Å². The number of carbonyl (C=O) groups is 2. The number of alkyl halides is 2. The Kier molecular flexibility index (Phi) is 6.29. The van der Waals surface area contributed by atoms with E-state index in [1.165, 1.54) is 19.1 Å². The van der Waals surface area contributed by atoms with Gasteiger partial charge in [0, 0.05) is 52.6 Å². The molecule has 208 valence electrons.